The molecule has 0 aliphatic carbocycles. The van der Waals surface area contributed by atoms with Crippen molar-refractivity contribution >= 4 is 29.0 Å². The monoisotopic (exact) mass is 347 g/mol. The summed E-state index contributed by atoms with van der Waals surface area (Å²) < 4.78 is 0. The molecule has 0 radical (unpaired) electrons. The average molecular weight is 348 g/mol. The highest BCUT2D eigenvalue weighted by Crippen LogP contribution is 2.32. The van der Waals surface area contributed by atoms with E-state index < -0.39 is 0 Å². The van der Waals surface area contributed by atoms with Crippen molar-refractivity contribution in [3.63, 3.8) is 0 Å². The Hall–Kier alpha value is -1.37. The van der Waals surface area contributed by atoms with E-state index in [-0.39, 0.29) is 18.0 Å². The normalized spacial score (nSPS) is 18.8. The number of aryl methyl sites for hydroxylation is 2. The number of nitrogens with zero attached hydrogens (tertiary/aromatic N) is 1. The number of carbonyl (C=O) groups excluding carboxylic acids is 1. The van der Waals surface area contributed by atoms with Gasteiger partial charge in [0.25, 0.3) is 0 Å². The molecule has 1 aliphatic rings. The fraction of sp³-hybridized carbons (Fsp3) is 0.412. The Morgan fingerprint density at radius 3 is 2.74 bits per heavy atom. The Balaban J connectivity index is 1.74. The fourth-order valence-electron chi connectivity index (χ4n) is 2.57. The van der Waals surface area contributed by atoms with Crippen LogP contribution in [0.4, 0.5) is 0 Å². The molecule has 6 heteroatoms. The summed E-state index contributed by atoms with van der Waals surface area (Å²) >= 11 is 3.42. The summed E-state index contributed by atoms with van der Waals surface area (Å²) in [6.07, 6.45) is 0. The molecule has 1 aliphatic heterocycles. The maximum Gasteiger partial charge on any atom is 0.238 e. The van der Waals surface area contributed by atoms with Crippen LogP contribution in [0.25, 0.3) is 10.6 Å². The highest BCUT2D eigenvalue weighted by molar-refractivity contribution is 7.99. The first-order valence-corrected chi connectivity index (χ1v) is 9.67. The molecule has 1 amide bonds. The molecular weight excluding hydrogens is 326 g/mol. The van der Waals surface area contributed by atoms with E-state index in [2.05, 4.69) is 46.8 Å². The number of carbonyl (C=O) groups is 1. The predicted octanol–water partition coefficient (Wildman–Crippen LogP) is 3.27. The summed E-state index contributed by atoms with van der Waals surface area (Å²) in [5, 5.41) is 7.32. The van der Waals surface area contributed by atoms with Crippen molar-refractivity contribution in [3.05, 3.63) is 40.4 Å². The summed E-state index contributed by atoms with van der Waals surface area (Å²) in [7, 11) is 0. The highest BCUT2D eigenvalue weighted by Gasteiger charge is 2.25. The summed E-state index contributed by atoms with van der Waals surface area (Å²) in [5.41, 5.74) is 3.36. The lowest BCUT2D eigenvalue weighted by Gasteiger charge is -2.16. The third-order valence-electron chi connectivity index (χ3n) is 3.92. The van der Waals surface area contributed by atoms with E-state index in [1.807, 2.05) is 13.8 Å². The first-order chi connectivity index (χ1) is 11.0. The van der Waals surface area contributed by atoms with Crippen molar-refractivity contribution in [1.82, 2.24) is 15.6 Å². The zero-order valence-corrected chi connectivity index (χ0v) is 15.2. The van der Waals surface area contributed by atoms with Crippen LogP contribution in [0.5, 0.6) is 0 Å². The second kappa shape index (κ2) is 7.03. The summed E-state index contributed by atoms with van der Waals surface area (Å²) in [6.45, 7) is 6.12. The molecule has 3 rings (SSSR count). The molecule has 4 nitrogen and oxygen atoms in total. The number of aromatic nitrogens is 1. The molecule has 1 saturated heterocycles. The van der Waals surface area contributed by atoms with Gasteiger partial charge in [-0.3, -0.25) is 10.1 Å². The molecule has 2 heterocycles. The highest BCUT2D eigenvalue weighted by atomic mass is 32.2. The fourth-order valence-corrected chi connectivity index (χ4v) is 4.59. The van der Waals surface area contributed by atoms with Gasteiger partial charge in [-0.2, -0.15) is 0 Å². The number of rotatable bonds is 4. The Bertz CT molecular complexity index is 690. The Kier molecular flexibility index (Phi) is 5.04. The molecule has 0 bridgehead atoms. The maximum absolute atomic E-state index is 12.3. The van der Waals surface area contributed by atoms with Crippen LogP contribution in [0.3, 0.4) is 0 Å². The molecule has 2 atom stereocenters. The van der Waals surface area contributed by atoms with Gasteiger partial charge in [0.05, 0.1) is 22.7 Å². The molecule has 0 unspecified atom stereocenters. The minimum Gasteiger partial charge on any atom is -0.347 e. The Labute approximate surface area is 145 Å². The van der Waals surface area contributed by atoms with E-state index in [9.17, 15) is 4.79 Å². The van der Waals surface area contributed by atoms with Gasteiger partial charge in [-0.05, 0) is 20.8 Å². The smallest absolute Gasteiger partial charge is 0.238 e. The van der Waals surface area contributed by atoms with E-state index in [1.165, 1.54) is 5.56 Å². The number of hydrogen-bond acceptors (Lipinski definition) is 5. The van der Waals surface area contributed by atoms with Crippen molar-refractivity contribution < 1.29 is 4.79 Å². The maximum atomic E-state index is 12.3. The van der Waals surface area contributed by atoms with Gasteiger partial charge in [-0.25, -0.2) is 4.98 Å². The molecule has 2 aromatic rings. The second-order valence-electron chi connectivity index (χ2n) is 5.84. The van der Waals surface area contributed by atoms with Crippen LogP contribution >= 0.6 is 23.1 Å². The lowest BCUT2D eigenvalue weighted by Crippen LogP contribution is -2.42. The third kappa shape index (κ3) is 3.76. The van der Waals surface area contributed by atoms with Crippen molar-refractivity contribution in [3.8, 4) is 10.6 Å². The molecule has 23 heavy (non-hydrogen) atoms. The molecule has 1 fully saturated rings. The quantitative estimate of drug-likeness (QED) is 0.891. The lowest BCUT2D eigenvalue weighted by molar-refractivity contribution is -0.123. The van der Waals surface area contributed by atoms with E-state index in [1.54, 1.807) is 23.1 Å². The average Bonchev–Trinajstić information content (AvgIpc) is 3.17. The number of thioether (sulfide) groups is 1. The predicted molar refractivity (Wildman–Crippen MR) is 97.8 cm³/mol. The van der Waals surface area contributed by atoms with E-state index in [4.69, 9.17) is 0 Å². The zero-order chi connectivity index (χ0) is 16.4. The van der Waals surface area contributed by atoms with Crippen LogP contribution in [0.1, 0.15) is 29.1 Å². The Morgan fingerprint density at radius 2 is 2.09 bits per heavy atom. The molecule has 1 aromatic carbocycles. The van der Waals surface area contributed by atoms with E-state index in [0.717, 1.165) is 32.8 Å². The van der Waals surface area contributed by atoms with Crippen molar-refractivity contribution in [1.29, 1.82) is 0 Å². The summed E-state index contributed by atoms with van der Waals surface area (Å²) in [4.78, 5) is 18.1. The SMILES string of the molecule is Cc1ccc(-c2nc(C)c([C@H](C)NC(=O)[C@H]3CSCN3)s2)cc1. The molecule has 122 valence electrons. The van der Waals surface area contributed by atoms with E-state index >= 15 is 0 Å². The van der Waals surface area contributed by atoms with Crippen LogP contribution < -0.4 is 10.6 Å². The molecule has 1 aromatic heterocycles. The number of benzene rings is 1. The molecular formula is C17H21N3OS2. The largest absolute Gasteiger partial charge is 0.347 e. The van der Waals surface area contributed by atoms with Crippen LogP contribution in [-0.2, 0) is 4.79 Å². The van der Waals surface area contributed by atoms with Crippen molar-refractivity contribution in [2.75, 3.05) is 11.6 Å². The first kappa shape index (κ1) is 16.5. The van der Waals surface area contributed by atoms with Crippen LogP contribution in [0, 0.1) is 13.8 Å². The third-order valence-corrected chi connectivity index (χ3v) is 6.24. The molecule has 2 N–H and O–H groups in total. The summed E-state index contributed by atoms with van der Waals surface area (Å²) in [5.74, 6) is 1.77. The Morgan fingerprint density at radius 1 is 1.35 bits per heavy atom. The number of nitrogens with one attached hydrogen (secondary N) is 2. The van der Waals surface area contributed by atoms with Gasteiger partial charge in [0.1, 0.15) is 5.01 Å². The summed E-state index contributed by atoms with van der Waals surface area (Å²) in [6, 6.07) is 8.29. The first-order valence-electron chi connectivity index (χ1n) is 7.70. The van der Waals surface area contributed by atoms with Gasteiger partial charge in [0.15, 0.2) is 0 Å². The zero-order valence-electron chi connectivity index (χ0n) is 13.6. The van der Waals surface area contributed by atoms with Gasteiger partial charge in [0.2, 0.25) is 5.91 Å². The van der Waals surface area contributed by atoms with Gasteiger partial charge < -0.3 is 5.32 Å². The van der Waals surface area contributed by atoms with Crippen molar-refractivity contribution in [2.24, 2.45) is 0 Å². The van der Waals surface area contributed by atoms with Crippen molar-refractivity contribution in [2.45, 2.75) is 32.9 Å². The van der Waals surface area contributed by atoms with Crippen LogP contribution in [-0.4, -0.2) is 28.6 Å². The van der Waals surface area contributed by atoms with Gasteiger partial charge in [-0.15, -0.1) is 23.1 Å². The van der Waals surface area contributed by atoms with Gasteiger partial charge >= 0.3 is 0 Å². The van der Waals surface area contributed by atoms with Crippen LogP contribution in [0.15, 0.2) is 24.3 Å². The lowest BCUT2D eigenvalue weighted by atomic mass is 10.2. The number of hydrogen-bond donors (Lipinski definition) is 2. The molecule has 0 saturated carbocycles. The molecule has 0 spiro atoms. The van der Waals surface area contributed by atoms with Gasteiger partial charge in [-0.1, -0.05) is 29.8 Å². The standard InChI is InChI=1S/C17H21N3OS2/c1-10-4-6-13(7-5-10)17-20-12(3)15(23-17)11(2)19-16(21)14-8-22-9-18-14/h4-7,11,14,18H,8-9H2,1-3H3,(H,19,21)/t11-,14+/m0/s1. The van der Waals surface area contributed by atoms with Crippen LogP contribution in [0.2, 0.25) is 0 Å². The minimum absolute atomic E-state index is 0.0217. The topological polar surface area (TPSA) is 54.0 Å². The number of amides is 1. The second-order valence-corrected chi connectivity index (χ2v) is 7.90. The van der Waals surface area contributed by atoms with E-state index in [0.29, 0.717) is 0 Å². The minimum atomic E-state index is -0.0766. The van der Waals surface area contributed by atoms with Gasteiger partial charge in [0, 0.05) is 17.2 Å². The number of thiazole rings is 1.